The van der Waals surface area contributed by atoms with E-state index < -0.39 is 23.5 Å². The summed E-state index contributed by atoms with van der Waals surface area (Å²) in [6.45, 7) is 2.60. The lowest BCUT2D eigenvalue weighted by Crippen LogP contribution is -2.34. The number of ketones is 2. The van der Waals surface area contributed by atoms with E-state index in [1.54, 1.807) is 12.1 Å². The molecule has 25 heavy (non-hydrogen) atoms. The molecular formula is C18H15BrO6. The standard InChI is InChI=1S/C18H15BrO6/c1-10-7-14(21)16(18(22)25-10)13(20)4-3-11-8-12(19)17-15(9-11)23-5-2-6-24-17/h3-4,7-9,16H,2,5-6H2,1H3. The van der Waals surface area contributed by atoms with Crippen LogP contribution in [0.2, 0.25) is 0 Å². The van der Waals surface area contributed by atoms with E-state index in [-0.39, 0.29) is 5.76 Å². The molecule has 7 heteroatoms. The number of carbonyl (C=O) groups is 3. The summed E-state index contributed by atoms with van der Waals surface area (Å²) in [4.78, 5) is 35.9. The fourth-order valence-corrected chi connectivity index (χ4v) is 3.10. The first kappa shape index (κ1) is 17.4. The van der Waals surface area contributed by atoms with Crippen molar-refractivity contribution in [2.75, 3.05) is 13.2 Å². The lowest BCUT2D eigenvalue weighted by atomic mass is 9.96. The van der Waals surface area contributed by atoms with Gasteiger partial charge < -0.3 is 14.2 Å². The molecule has 0 aromatic heterocycles. The van der Waals surface area contributed by atoms with Crippen molar-refractivity contribution in [3.8, 4) is 11.5 Å². The van der Waals surface area contributed by atoms with Crippen LogP contribution in [0.4, 0.5) is 0 Å². The summed E-state index contributed by atoms with van der Waals surface area (Å²) >= 11 is 3.42. The van der Waals surface area contributed by atoms with Gasteiger partial charge in [-0.05, 0) is 46.6 Å². The third kappa shape index (κ3) is 3.82. The molecule has 2 heterocycles. The fourth-order valence-electron chi connectivity index (χ4n) is 2.52. The zero-order valence-corrected chi connectivity index (χ0v) is 15.0. The summed E-state index contributed by atoms with van der Waals surface area (Å²) < 4.78 is 16.8. The molecule has 0 spiro atoms. The lowest BCUT2D eigenvalue weighted by Gasteiger charge is -2.15. The number of benzene rings is 1. The van der Waals surface area contributed by atoms with Gasteiger partial charge in [0.15, 0.2) is 29.0 Å². The number of allylic oxidation sites excluding steroid dienone is 3. The highest BCUT2D eigenvalue weighted by atomic mass is 79.9. The minimum atomic E-state index is -1.44. The normalized spacial score (nSPS) is 20.1. The molecule has 0 saturated heterocycles. The van der Waals surface area contributed by atoms with Gasteiger partial charge in [-0.15, -0.1) is 0 Å². The molecule has 1 atom stereocenters. The Morgan fingerprint density at radius 2 is 2.00 bits per heavy atom. The van der Waals surface area contributed by atoms with Crippen molar-refractivity contribution in [2.24, 2.45) is 5.92 Å². The maximum absolute atomic E-state index is 12.2. The highest BCUT2D eigenvalue weighted by Gasteiger charge is 2.36. The highest BCUT2D eigenvalue weighted by molar-refractivity contribution is 9.10. The number of halogens is 1. The minimum absolute atomic E-state index is 0.190. The molecule has 130 valence electrons. The molecule has 0 bridgehead atoms. The van der Waals surface area contributed by atoms with Crippen molar-refractivity contribution >= 4 is 39.5 Å². The van der Waals surface area contributed by atoms with E-state index in [0.717, 1.165) is 12.5 Å². The van der Waals surface area contributed by atoms with E-state index >= 15 is 0 Å². The second-order valence-corrected chi connectivity index (χ2v) is 6.48. The van der Waals surface area contributed by atoms with Crippen LogP contribution >= 0.6 is 15.9 Å². The number of fused-ring (bicyclic) bond motifs is 1. The number of cyclic esters (lactones) is 1. The van der Waals surface area contributed by atoms with E-state index in [9.17, 15) is 14.4 Å². The van der Waals surface area contributed by atoms with Gasteiger partial charge in [0.1, 0.15) is 5.76 Å². The second kappa shape index (κ2) is 7.23. The van der Waals surface area contributed by atoms with E-state index in [4.69, 9.17) is 14.2 Å². The molecule has 0 N–H and O–H groups in total. The van der Waals surface area contributed by atoms with Gasteiger partial charge in [-0.2, -0.15) is 0 Å². The number of hydrogen-bond donors (Lipinski definition) is 0. The molecule has 0 fully saturated rings. The first-order chi connectivity index (χ1) is 12.0. The second-order valence-electron chi connectivity index (χ2n) is 5.63. The van der Waals surface area contributed by atoms with Gasteiger partial charge in [0, 0.05) is 12.5 Å². The molecule has 2 aliphatic heterocycles. The number of carbonyl (C=O) groups excluding carboxylic acids is 3. The molecule has 0 saturated carbocycles. The molecule has 2 aliphatic rings. The number of ether oxygens (including phenoxy) is 3. The van der Waals surface area contributed by atoms with E-state index in [0.29, 0.717) is 34.7 Å². The Hall–Kier alpha value is -2.41. The average molecular weight is 407 g/mol. The summed E-state index contributed by atoms with van der Waals surface area (Å²) in [5.74, 6) is -2.10. The summed E-state index contributed by atoms with van der Waals surface area (Å²) in [5.41, 5.74) is 0.674. The Labute approximate surface area is 152 Å². The molecule has 6 nitrogen and oxygen atoms in total. The third-order valence-electron chi connectivity index (χ3n) is 3.68. The maximum atomic E-state index is 12.2. The summed E-state index contributed by atoms with van der Waals surface area (Å²) in [6, 6.07) is 3.50. The lowest BCUT2D eigenvalue weighted by molar-refractivity contribution is -0.151. The average Bonchev–Trinajstić information content (AvgIpc) is 2.77. The van der Waals surface area contributed by atoms with Gasteiger partial charge in [-0.1, -0.05) is 6.08 Å². The molecule has 0 amide bonds. The van der Waals surface area contributed by atoms with Crippen LogP contribution in [0.3, 0.4) is 0 Å². The topological polar surface area (TPSA) is 78.9 Å². The Balaban J connectivity index is 1.81. The SMILES string of the molecule is CC1=CC(=O)C(C(=O)C=Cc2cc(Br)c3c(c2)OCCCO3)C(=O)O1. The molecular weight excluding hydrogens is 392 g/mol. The van der Waals surface area contributed by atoms with Crippen molar-refractivity contribution in [3.63, 3.8) is 0 Å². The zero-order chi connectivity index (χ0) is 18.0. The molecule has 1 aromatic rings. The smallest absolute Gasteiger partial charge is 0.329 e. The summed E-state index contributed by atoms with van der Waals surface area (Å²) in [7, 11) is 0. The van der Waals surface area contributed by atoms with Gasteiger partial charge in [0.2, 0.25) is 0 Å². The minimum Gasteiger partial charge on any atom is -0.489 e. The predicted molar refractivity (Wildman–Crippen MR) is 92.1 cm³/mol. The molecule has 0 radical (unpaired) electrons. The summed E-state index contributed by atoms with van der Waals surface area (Å²) in [5, 5.41) is 0. The van der Waals surface area contributed by atoms with Gasteiger partial charge in [0.25, 0.3) is 0 Å². The molecule has 3 rings (SSSR count). The van der Waals surface area contributed by atoms with Crippen LogP contribution in [0.5, 0.6) is 11.5 Å². The van der Waals surface area contributed by atoms with Crippen molar-refractivity contribution in [1.29, 1.82) is 0 Å². The van der Waals surface area contributed by atoms with Gasteiger partial charge in [-0.3, -0.25) is 14.4 Å². The van der Waals surface area contributed by atoms with E-state index in [1.165, 1.54) is 19.1 Å². The quantitative estimate of drug-likeness (QED) is 0.436. The van der Waals surface area contributed by atoms with E-state index in [1.807, 2.05) is 0 Å². The van der Waals surface area contributed by atoms with Gasteiger partial charge >= 0.3 is 5.97 Å². The maximum Gasteiger partial charge on any atom is 0.329 e. The Bertz CT molecular complexity index is 808. The first-order valence-corrected chi connectivity index (χ1v) is 8.50. The summed E-state index contributed by atoms with van der Waals surface area (Å²) in [6.07, 6.45) is 4.66. The van der Waals surface area contributed by atoms with Crippen LogP contribution in [0.1, 0.15) is 18.9 Å². The number of esters is 1. The third-order valence-corrected chi connectivity index (χ3v) is 4.27. The molecule has 1 aromatic carbocycles. The predicted octanol–water partition coefficient (Wildman–Crippen LogP) is 2.84. The molecule has 0 aliphatic carbocycles. The van der Waals surface area contributed by atoms with Crippen LogP contribution in [0.25, 0.3) is 6.08 Å². The van der Waals surface area contributed by atoms with Gasteiger partial charge in [-0.25, -0.2) is 0 Å². The van der Waals surface area contributed by atoms with E-state index in [2.05, 4.69) is 15.9 Å². The molecule has 1 unspecified atom stereocenters. The van der Waals surface area contributed by atoms with Crippen molar-refractivity contribution < 1.29 is 28.6 Å². The van der Waals surface area contributed by atoms with Crippen molar-refractivity contribution in [1.82, 2.24) is 0 Å². The largest absolute Gasteiger partial charge is 0.489 e. The van der Waals surface area contributed by atoms with Crippen LogP contribution < -0.4 is 9.47 Å². The Morgan fingerprint density at radius 3 is 2.76 bits per heavy atom. The zero-order valence-electron chi connectivity index (χ0n) is 13.4. The Morgan fingerprint density at radius 1 is 1.24 bits per heavy atom. The van der Waals surface area contributed by atoms with Crippen LogP contribution in [0, 0.1) is 5.92 Å². The van der Waals surface area contributed by atoms with Crippen molar-refractivity contribution in [2.45, 2.75) is 13.3 Å². The number of hydrogen-bond acceptors (Lipinski definition) is 6. The highest BCUT2D eigenvalue weighted by Crippen LogP contribution is 2.38. The van der Waals surface area contributed by atoms with Crippen LogP contribution in [-0.2, 0) is 19.1 Å². The fraction of sp³-hybridized carbons (Fsp3) is 0.278. The number of rotatable bonds is 3. The monoisotopic (exact) mass is 406 g/mol. The van der Waals surface area contributed by atoms with Crippen LogP contribution in [-0.4, -0.2) is 30.7 Å². The van der Waals surface area contributed by atoms with Crippen LogP contribution in [0.15, 0.2) is 34.5 Å². The Kier molecular flexibility index (Phi) is 5.03. The first-order valence-electron chi connectivity index (χ1n) is 7.70. The van der Waals surface area contributed by atoms with Gasteiger partial charge in [0.05, 0.1) is 17.7 Å². The van der Waals surface area contributed by atoms with Crippen molar-refractivity contribution in [3.05, 3.63) is 40.1 Å².